The molecule has 0 amide bonds. The molecule has 0 aliphatic heterocycles. The molecule has 0 bridgehead atoms. The number of hydrogen-bond acceptors (Lipinski definition) is 2. The molecule has 0 spiro atoms. The molecule has 0 aromatic carbocycles. The van der Waals surface area contributed by atoms with E-state index >= 15 is 0 Å². The number of aliphatic carboxylic acids is 1. The SMILES string of the molecule is Cc1ccc[n+](CC(=O)C(=O)O)c1. The molecule has 68 valence electrons. The number of carboxylic acid groups (broad SMARTS) is 1. The monoisotopic (exact) mass is 180 g/mol. The minimum Gasteiger partial charge on any atom is -0.475 e. The number of carbonyl (C=O) groups is 2. The van der Waals surface area contributed by atoms with E-state index in [-0.39, 0.29) is 6.54 Å². The first-order valence-electron chi connectivity index (χ1n) is 3.81. The Labute approximate surface area is 75.4 Å². The van der Waals surface area contributed by atoms with Crippen molar-refractivity contribution in [3.63, 3.8) is 0 Å². The van der Waals surface area contributed by atoms with E-state index in [2.05, 4.69) is 0 Å². The summed E-state index contributed by atoms with van der Waals surface area (Å²) in [6.07, 6.45) is 3.38. The molecule has 0 atom stereocenters. The van der Waals surface area contributed by atoms with Gasteiger partial charge in [0, 0.05) is 11.6 Å². The van der Waals surface area contributed by atoms with Gasteiger partial charge in [-0.25, -0.2) is 4.79 Å². The van der Waals surface area contributed by atoms with Crippen LogP contribution in [-0.2, 0) is 16.1 Å². The second kappa shape index (κ2) is 3.80. The van der Waals surface area contributed by atoms with Crippen molar-refractivity contribution in [3.8, 4) is 0 Å². The molecule has 0 saturated carbocycles. The van der Waals surface area contributed by atoms with Gasteiger partial charge < -0.3 is 5.11 Å². The molecule has 0 saturated heterocycles. The van der Waals surface area contributed by atoms with Crippen LogP contribution in [-0.4, -0.2) is 16.9 Å². The first-order chi connectivity index (χ1) is 6.09. The van der Waals surface area contributed by atoms with Crippen LogP contribution in [0, 0.1) is 6.92 Å². The van der Waals surface area contributed by atoms with Crippen molar-refractivity contribution in [2.45, 2.75) is 13.5 Å². The fourth-order valence-electron chi connectivity index (χ4n) is 0.985. The van der Waals surface area contributed by atoms with Gasteiger partial charge in [-0.1, -0.05) is 0 Å². The molecule has 4 heteroatoms. The molecule has 1 rings (SSSR count). The lowest BCUT2D eigenvalue weighted by molar-refractivity contribution is -0.684. The van der Waals surface area contributed by atoms with E-state index in [1.807, 2.05) is 13.0 Å². The van der Waals surface area contributed by atoms with E-state index < -0.39 is 11.8 Å². The Hall–Kier alpha value is -1.71. The van der Waals surface area contributed by atoms with Crippen molar-refractivity contribution in [2.75, 3.05) is 0 Å². The van der Waals surface area contributed by atoms with E-state index in [0.717, 1.165) is 5.56 Å². The van der Waals surface area contributed by atoms with Gasteiger partial charge in [0.1, 0.15) is 0 Å². The van der Waals surface area contributed by atoms with Crippen molar-refractivity contribution >= 4 is 11.8 Å². The Morgan fingerprint density at radius 1 is 1.54 bits per heavy atom. The van der Waals surface area contributed by atoms with Gasteiger partial charge in [0.15, 0.2) is 12.4 Å². The molecule has 4 nitrogen and oxygen atoms in total. The maximum Gasteiger partial charge on any atom is 0.379 e. The van der Waals surface area contributed by atoms with Gasteiger partial charge in [-0.3, -0.25) is 4.79 Å². The molecule has 0 fully saturated rings. The van der Waals surface area contributed by atoms with Gasteiger partial charge >= 0.3 is 11.8 Å². The van der Waals surface area contributed by atoms with Crippen LogP contribution in [0.5, 0.6) is 0 Å². The number of carboxylic acids is 1. The zero-order valence-electron chi connectivity index (χ0n) is 7.23. The third kappa shape index (κ3) is 2.66. The summed E-state index contributed by atoms with van der Waals surface area (Å²) in [5, 5.41) is 8.35. The van der Waals surface area contributed by atoms with Crippen molar-refractivity contribution < 1.29 is 19.3 Å². The molecule has 1 aromatic heterocycles. The Balaban J connectivity index is 2.75. The summed E-state index contributed by atoms with van der Waals surface area (Å²) in [6, 6.07) is 3.65. The summed E-state index contributed by atoms with van der Waals surface area (Å²) >= 11 is 0. The van der Waals surface area contributed by atoms with Gasteiger partial charge in [-0.15, -0.1) is 0 Å². The van der Waals surface area contributed by atoms with Gasteiger partial charge in [0.2, 0.25) is 6.54 Å². The summed E-state index contributed by atoms with van der Waals surface area (Å²) in [6.45, 7) is 1.76. The summed E-state index contributed by atoms with van der Waals surface area (Å²) in [5.41, 5.74) is 0.987. The molecule has 1 aromatic rings. The number of nitrogens with zero attached hydrogens (tertiary/aromatic N) is 1. The number of Topliss-reactive ketones (excluding diaryl/α,β-unsaturated/α-hetero) is 1. The molecular formula is C9H10NO3+. The van der Waals surface area contributed by atoms with Crippen LogP contribution < -0.4 is 4.57 Å². The molecule has 13 heavy (non-hydrogen) atoms. The third-order valence-electron chi connectivity index (χ3n) is 1.57. The van der Waals surface area contributed by atoms with E-state index in [0.29, 0.717) is 0 Å². The molecule has 0 unspecified atom stereocenters. The van der Waals surface area contributed by atoms with Crippen LogP contribution in [0.15, 0.2) is 24.5 Å². The van der Waals surface area contributed by atoms with Crippen LogP contribution in [0.25, 0.3) is 0 Å². The maximum absolute atomic E-state index is 10.8. The lowest BCUT2D eigenvalue weighted by Crippen LogP contribution is -2.39. The largest absolute Gasteiger partial charge is 0.475 e. The maximum atomic E-state index is 10.8. The van der Waals surface area contributed by atoms with E-state index in [1.165, 1.54) is 0 Å². The van der Waals surface area contributed by atoms with Crippen molar-refractivity contribution in [1.29, 1.82) is 0 Å². The highest BCUT2D eigenvalue weighted by Crippen LogP contribution is 1.89. The Bertz CT molecular complexity index is 346. The van der Waals surface area contributed by atoms with Crippen LogP contribution in [0.2, 0.25) is 0 Å². The van der Waals surface area contributed by atoms with Crippen molar-refractivity contribution in [3.05, 3.63) is 30.1 Å². The molecule has 0 aliphatic carbocycles. The van der Waals surface area contributed by atoms with Crippen LogP contribution in [0.3, 0.4) is 0 Å². The second-order valence-corrected chi connectivity index (χ2v) is 2.78. The number of ketones is 1. The van der Waals surface area contributed by atoms with Gasteiger partial charge in [0.05, 0.1) is 0 Å². The molecule has 1 N–H and O–H groups in total. The quantitative estimate of drug-likeness (QED) is 0.523. The lowest BCUT2D eigenvalue weighted by atomic mass is 10.3. The van der Waals surface area contributed by atoms with Gasteiger partial charge in [-0.2, -0.15) is 4.57 Å². The Morgan fingerprint density at radius 2 is 2.23 bits per heavy atom. The zero-order chi connectivity index (χ0) is 9.84. The smallest absolute Gasteiger partial charge is 0.379 e. The lowest BCUT2D eigenvalue weighted by Gasteiger charge is -1.93. The Morgan fingerprint density at radius 3 is 2.77 bits per heavy atom. The number of hydrogen-bond donors (Lipinski definition) is 1. The van der Waals surface area contributed by atoms with Crippen LogP contribution in [0.1, 0.15) is 5.56 Å². The Kier molecular flexibility index (Phi) is 2.74. The third-order valence-corrected chi connectivity index (χ3v) is 1.57. The number of carbonyl (C=O) groups excluding carboxylic acids is 1. The highest BCUT2D eigenvalue weighted by Gasteiger charge is 2.16. The van der Waals surface area contributed by atoms with Crippen LogP contribution >= 0.6 is 0 Å². The molecular weight excluding hydrogens is 170 g/mol. The summed E-state index contributed by atoms with van der Waals surface area (Å²) < 4.78 is 1.55. The summed E-state index contributed by atoms with van der Waals surface area (Å²) in [4.78, 5) is 21.0. The number of aromatic nitrogens is 1. The molecule has 0 radical (unpaired) electrons. The normalized spacial score (nSPS) is 9.62. The number of aryl methyl sites for hydroxylation is 1. The van der Waals surface area contributed by atoms with E-state index in [9.17, 15) is 9.59 Å². The minimum atomic E-state index is -1.39. The van der Waals surface area contributed by atoms with Gasteiger partial charge in [0.25, 0.3) is 0 Å². The van der Waals surface area contributed by atoms with E-state index in [1.54, 1.807) is 23.0 Å². The second-order valence-electron chi connectivity index (χ2n) is 2.78. The number of pyridine rings is 1. The van der Waals surface area contributed by atoms with Crippen molar-refractivity contribution in [2.24, 2.45) is 0 Å². The standard InChI is InChI=1S/C9H9NO3/c1-7-3-2-4-10(5-7)6-8(11)9(12)13/h2-5H,6H2,1H3/p+1. The van der Waals surface area contributed by atoms with Crippen LogP contribution in [0.4, 0.5) is 0 Å². The average Bonchev–Trinajstić information content (AvgIpc) is 2.04. The van der Waals surface area contributed by atoms with E-state index in [4.69, 9.17) is 5.11 Å². The zero-order valence-corrected chi connectivity index (χ0v) is 7.23. The highest BCUT2D eigenvalue weighted by molar-refractivity contribution is 6.32. The first kappa shape index (κ1) is 9.38. The fraction of sp³-hybridized carbons (Fsp3) is 0.222. The molecule has 1 heterocycles. The van der Waals surface area contributed by atoms with Crippen molar-refractivity contribution in [1.82, 2.24) is 0 Å². The minimum absolute atomic E-state index is 0.114. The predicted molar refractivity (Wildman–Crippen MR) is 44.0 cm³/mol. The summed E-state index contributed by atoms with van der Waals surface area (Å²) in [7, 11) is 0. The number of rotatable bonds is 3. The molecule has 0 aliphatic rings. The topological polar surface area (TPSA) is 58.2 Å². The fourth-order valence-corrected chi connectivity index (χ4v) is 0.985. The summed E-state index contributed by atoms with van der Waals surface area (Å²) in [5.74, 6) is -2.20. The predicted octanol–water partition coefficient (Wildman–Crippen LogP) is -0.0638. The first-order valence-corrected chi connectivity index (χ1v) is 3.81. The average molecular weight is 180 g/mol. The highest BCUT2D eigenvalue weighted by atomic mass is 16.4. The van der Waals surface area contributed by atoms with Gasteiger partial charge in [-0.05, 0) is 13.0 Å².